The highest BCUT2D eigenvalue weighted by atomic mass is 16.7. The minimum atomic E-state index is -0.212. The van der Waals surface area contributed by atoms with Gasteiger partial charge in [0, 0.05) is 19.3 Å². The summed E-state index contributed by atoms with van der Waals surface area (Å²) in [5, 5.41) is 0. The molecule has 0 radical (unpaired) electrons. The summed E-state index contributed by atoms with van der Waals surface area (Å²) in [5.41, 5.74) is 1.12. The first-order valence-electron chi connectivity index (χ1n) is 9.79. The van der Waals surface area contributed by atoms with Crippen LogP contribution >= 0.6 is 0 Å². The number of hydrogen-bond acceptors (Lipinski definition) is 4. The van der Waals surface area contributed by atoms with E-state index in [4.69, 9.17) is 14.2 Å². The molecule has 4 heteroatoms. The second kappa shape index (κ2) is 14.5. The normalized spacial score (nSPS) is 18.6. The Labute approximate surface area is 147 Å². The maximum absolute atomic E-state index is 11.3. The molecule has 1 heterocycles. The Hall–Kier alpha value is -0.870. The van der Waals surface area contributed by atoms with Crippen molar-refractivity contribution in [2.75, 3.05) is 19.8 Å². The van der Waals surface area contributed by atoms with E-state index in [1.165, 1.54) is 44.9 Å². The first kappa shape index (κ1) is 21.2. The summed E-state index contributed by atoms with van der Waals surface area (Å²) < 4.78 is 16.2. The SMILES string of the molecule is CCOC(=O)/C=C(\C)CCCCCCCCCOC1CCCCO1. The fourth-order valence-corrected chi connectivity index (χ4v) is 2.90. The number of hydrogen-bond donors (Lipinski definition) is 0. The van der Waals surface area contributed by atoms with E-state index in [1.54, 1.807) is 6.08 Å². The fourth-order valence-electron chi connectivity index (χ4n) is 2.90. The number of ether oxygens (including phenoxy) is 3. The molecule has 1 atom stereocenters. The zero-order valence-corrected chi connectivity index (χ0v) is 15.7. The number of rotatable bonds is 13. The molecule has 0 bridgehead atoms. The van der Waals surface area contributed by atoms with Gasteiger partial charge >= 0.3 is 5.97 Å². The molecule has 0 amide bonds. The van der Waals surface area contributed by atoms with Gasteiger partial charge in [-0.25, -0.2) is 4.79 Å². The quantitative estimate of drug-likeness (QED) is 0.264. The van der Waals surface area contributed by atoms with Crippen molar-refractivity contribution in [1.29, 1.82) is 0 Å². The van der Waals surface area contributed by atoms with Crippen molar-refractivity contribution in [3.8, 4) is 0 Å². The van der Waals surface area contributed by atoms with E-state index in [2.05, 4.69) is 0 Å². The molecule has 1 fully saturated rings. The van der Waals surface area contributed by atoms with Gasteiger partial charge in [-0.3, -0.25) is 0 Å². The highest BCUT2D eigenvalue weighted by Crippen LogP contribution is 2.15. The van der Waals surface area contributed by atoms with Crippen molar-refractivity contribution in [3.05, 3.63) is 11.6 Å². The Kier molecular flexibility index (Phi) is 12.8. The first-order chi connectivity index (χ1) is 11.7. The molecule has 0 N–H and O–H groups in total. The standard InChI is InChI=1S/C20H36O4/c1-3-22-19(21)17-18(2)13-9-7-5-4-6-8-11-15-23-20-14-10-12-16-24-20/h17,20H,3-16H2,1-2H3/b18-17+. The lowest BCUT2D eigenvalue weighted by atomic mass is 10.1. The number of carbonyl (C=O) groups excluding carboxylic acids is 1. The van der Waals surface area contributed by atoms with E-state index in [-0.39, 0.29) is 12.3 Å². The number of carbonyl (C=O) groups is 1. The molecular weight excluding hydrogens is 304 g/mol. The summed E-state index contributed by atoms with van der Waals surface area (Å²) in [6, 6.07) is 0. The molecular formula is C20H36O4. The average molecular weight is 341 g/mol. The molecule has 1 unspecified atom stereocenters. The van der Waals surface area contributed by atoms with Crippen molar-refractivity contribution in [2.45, 2.75) is 90.8 Å². The van der Waals surface area contributed by atoms with Gasteiger partial charge in [-0.1, -0.05) is 37.7 Å². The smallest absolute Gasteiger partial charge is 0.330 e. The van der Waals surface area contributed by atoms with E-state index in [0.717, 1.165) is 44.5 Å². The maximum Gasteiger partial charge on any atom is 0.330 e. The molecule has 0 spiro atoms. The summed E-state index contributed by atoms with van der Waals surface area (Å²) in [6.07, 6.45) is 14.8. The molecule has 140 valence electrons. The zero-order valence-electron chi connectivity index (χ0n) is 15.7. The molecule has 1 rings (SSSR count). The third kappa shape index (κ3) is 11.6. The molecule has 1 aliphatic heterocycles. The second-order valence-corrected chi connectivity index (χ2v) is 6.63. The van der Waals surface area contributed by atoms with Gasteiger partial charge in [0.2, 0.25) is 0 Å². The zero-order chi connectivity index (χ0) is 17.5. The van der Waals surface area contributed by atoms with Crippen molar-refractivity contribution < 1.29 is 19.0 Å². The van der Waals surface area contributed by atoms with Gasteiger partial charge in [0.25, 0.3) is 0 Å². The largest absolute Gasteiger partial charge is 0.463 e. The molecule has 0 saturated carbocycles. The Morgan fingerprint density at radius 3 is 2.46 bits per heavy atom. The molecule has 0 aliphatic carbocycles. The molecule has 0 aromatic rings. The summed E-state index contributed by atoms with van der Waals surface area (Å²) in [7, 11) is 0. The van der Waals surface area contributed by atoms with Gasteiger partial charge in [-0.2, -0.15) is 0 Å². The predicted molar refractivity (Wildman–Crippen MR) is 96.9 cm³/mol. The monoisotopic (exact) mass is 340 g/mol. The Balaban J connectivity index is 1.84. The van der Waals surface area contributed by atoms with E-state index in [0.29, 0.717) is 6.61 Å². The molecule has 0 aromatic carbocycles. The fraction of sp³-hybridized carbons (Fsp3) is 0.850. The van der Waals surface area contributed by atoms with E-state index in [9.17, 15) is 4.79 Å². The van der Waals surface area contributed by atoms with Crippen molar-refractivity contribution in [2.24, 2.45) is 0 Å². The first-order valence-corrected chi connectivity index (χ1v) is 9.79. The molecule has 1 aliphatic rings. The van der Waals surface area contributed by atoms with Gasteiger partial charge in [0.15, 0.2) is 6.29 Å². The lowest BCUT2D eigenvalue weighted by Crippen LogP contribution is -2.22. The van der Waals surface area contributed by atoms with Crippen LogP contribution in [0.1, 0.15) is 84.5 Å². The van der Waals surface area contributed by atoms with Gasteiger partial charge < -0.3 is 14.2 Å². The lowest BCUT2D eigenvalue weighted by Gasteiger charge is -2.22. The van der Waals surface area contributed by atoms with Crippen LogP contribution in [0.3, 0.4) is 0 Å². The van der Waals surface area contributed by atoms with Gasteiger partial charge in [-0.05, 0) is 52.4 Å². The van der Waals surface area contributed by atoms with Crippen LogP contribution < -0.4 is 0 Å². The molecule has 4 nitrogen and oxygen atoms in total. The van der Waals surface area contributed by atoms with Crippen LogP contribution in [0.15, 0.2) is 11.6 Å². The number of esters is 1. The summed E-state index contributed by atoms with van der Waals surface area (Å²) in [4.78, 5) is 11.3. The third-order valence-electron chi connectivity index (χ3n) is 4.31. The van der Waals surface area contributed by atoms with E-state index >= 15 is 0 Å². The van der Waals surface area contributed by atoms with Gasteiger partial charge in [0.05, 0.1) is 6.61 Å². The van der Waals surface area contributed by atoms with Crippen LogP contribution in [-0.4, -0.2) is 32.1 Å². The third-order valence-corrected chi connectivity index (χ3v) is 4.31. The maximum atomic E-state index is 11.3. The minimum Gasteiger partial charge on any atom is -0.463 e. The van der Waals surface area contributed by atoms with Crippen molar-refractivity contribution >= 4 is 5.97 Å². The summed E-state index contributed by atoms with van der Waals surface area (Å²) in [6.45, 7) is 5.98. The Morgan fingerprint density at radius 1 is 1.08 bits per heavy atom. The minimum absolute atomic E-state index is 0.0599. The van der Waals surface area contributed by atoms with E-state index < -0.39 is 0 Å². The topological polar surface area (TPSA) is 44.8 Å². The van der Waals surface area contributed by atoms with Crippen LogP contribution in [0.2, 0.25) is 0 Å². The van der Waals surface area contributed by atoms with Gasteiger partial charge in [-0.15, -0.1) is 0 Å². The lowest BCUT2D eigenvalue weighted by molar-refractivity contribution is -0.162. The van der Waals surface area contributed by atoms with E-state index in [1.807, 2.05) is 13.8 Å². The number of allylic oxidation sites excluding steroid dienone is 1. The van der Waals surface area contributed by atoms with Crippen molar-refractivity contribution in [3.63, 3.8) is 0 Å². The van der Waals surface area contributed by atoms with Gasteiger partial charge in [0.1, 0.15) is 0 Å². The molecule has 1 saturated heterocycles. The molecule has 24 heavy (non-hydrogen) atoms. The van der Waals surface area contributed by atoms with Crippen LogP contribution in [0.4, 0.5) is 0 Å². The van der Waals surface area contributed by atoms with Crippen LogP contribution in [0.25, 0.3) is 0 Å². The second-order valence-electron chi connectivity index (χ2n) is 6.63. The Bertz CT molecular complexity index is 346. The van der Waals surface area contributed by atoms with Crippen LogP contribution in [0, 0.1) is 0 Å². The van der Waals surface area contributed by atoms with Crippen LogP contribution in [0.5, 0.6) is 0 Å². The highest BCUT2D eigenvalue weighted by Gasteiger charge is 2.13. The molecule has 0 aromatic heterocycles. The highest BCUT2D eigenvalue weighted by molar-refractivity contribution is 5.82. The Morgan fingerprint density at radius 2 is 1.79 bits per heavy atom. The summed E-state index contributed by atoms with van der Waals surface area (Å²) >= 11 is 0. The summed E-state index contributed by atoms with van der Waals surface area (Å²) in [5.74, 6) is -0.212. The van der Waals surface area contributed by atoms with Crippen molar-refractivity contribution in [1.82, 2.24) is 0 Å². The average Bonchev–Trinajstić information content (AvgIpc) is 2.57. The number of unbranched alkanes of at least 4 members (excludes halogenated alkanes) is 6. The predicted octanol–water partition coefficient (Wildman–Crippen LogP) is 5.16. The van der Waals surface area contributed by atoms with Crippen LogP contribution in [-0.2, 0) is 19.0 Å².